The highest BCUT2D eigenvalue weighted by Gasteiger charge is 2.12. The molecular formula is C14H16O2. The molecule has 0 aromatic heterocycles. The van der Waals surface area contributed by atoms with Crippen molar-refractivity contribution in [1.82, 2.24) is 0 Å². The standard InChI is InChI=1S/C14H16O2/c1-5-6-7-16-14(15)13-11(3)8-10(2)9-12(13)4/h5-9H,1H2,2-4H3/b7-6+. The van der Waals surface area contributed by atoms with E-state index in [2.05, 4.69) is 6.58 Å². The largest absolute Gasteiger partial charge is 0.431 e. The summed E-state index contributed by atoms with van der Waals surface area (Å²) >= 11 is 0. The molecule has 16 heavy (non-hydrogen) atoms. The van der Waals surface area contributed by atoms with Crippen molar-refractivity contribution < 1.29 is 9.53 Å². The minimum absolute atomic E-state index is 0.326. The highest BCUT2D eigenvalue weighted by molar-refractivity contribution is 5.93. The maximum Gasteiger partial charge on any atom is 0.343 e. The number of benzene rings is 1. The van der Waals surface area contributed by atoms with Gasteiger partial charge in [0.15, 0.2) is 0 Å². The zero-order valence-corrected chi connectivity index (χ0v) is 9.91. The van der Waals surface area contributed by atoms with E-state index in [1.807, 2.05) is 32.9 Å². The van der Waals surface area contributed by atoms with Crippen LogP contribution in [0.15, 0.2) is 37.1 Å². The highest BCUT2D eigenvalue weighted by atomic mass is 16.5. The lowest BCUT2D eigenvalue weighted by atomic mass is 10.0. The van der Waals surface area contributed by atoms with Crippen LogP contribution in [0.3, 0.4) is 0 Å². The van der Waals surface area contributed by atoms with Crippen LogP contribution < -0.4 is 0 Å². The Morgan fingerprint density at radius 1 is 1.25 bits per heavy atom. The lowest BCUT2D eigenvalue weighted by Crippen LogP contribution is -2.06. The van der Waals surface area contributed by atoms with Crippen LogP contribution in [0.4, 0.5) is 0 Å². The van der Waals surface area contributed by atoms with Crippen molar-refractivity contribution in [2.75, 3.05) is 0 Å². The second-order valence-electron chi connectivity index (χ2n) is 3.74. The SMILES string of the molecule is C=C/C=C/OC(=O)c1c(C)cc(C)cc1C. The van der Waals surface area contributed by atoms with Crippen LogP contribution in [0.1, 0.15) is 27.0 Å². The summed E-state index contributed by atoms with van der Waals surface area (Å²) in [6.45, 7) is 9.33. The minimum Gasteiger partial charge on any atom is -0.431 e. The van der Waals surface area contributed by atoms with Crippen molar-refractivity contribution in [2.24, 2.45) is 0 Å². The summed E-state index contributed by atoms with van der Waals surface area (Å²) < 4.78 is 4.98. The van der Waals surface area contributed by atoms with Gasteiger partial charge in [-0.1, -0.05) is 30.4 Å². The van der Waals surface area contributed by atoms with Gasteiger partial charge in [-0.25, -0.2) is 4.79 Å². The summed E-state index contributed by atoms with van der Waals surface area (Å²) in [7, 11) is 0. The molecule has 0 heterocycles. The molecule has 0 aliphatic carbocycles. The zero-order valence-electron chi connectivity index (χ0n) is 9.91. The first-order valence-corrected chi connectivity index (χ1v) is 5.12. The molecule has 0 aliphatic rings. The summed E-state index contributed by atoms with van der Waals surface area (Å²) in [4.78, 5) is 11.8. The molecule has 0 aliphatic heterocycles. The lowest BCUT2D eigenvalue weighted by molar-refractivity contribution is 0.0661. The summed E-state index contributed by atoms with van der Waals surface area (Å²) in [5.41, 5.74) is 3.66. The van der Waals surface area contributed by atoms with E-state index in [0.29, 0.717) is 5.56 Å². The number of rotatable bonds is 3. The minimum atomic E-state index is -0.326. The number of hydrogen-bond acceptors (Lipinski definition) is 2. The fraction of sp³-hybridized carbons (Fsp3) is 0.214. The van der Waals surface area contributed by atoms with E-state index in [4.69, 9.17) is 4.74 Å². The van der Waals surface area contributed by atoms with Crippen LogP contribution >= 0.6 is 0 Å². The molecule has 2 heteroatoms. The van der Waals surface area contributed by atoms with Gasteiger partial charge in [-0.05, 0) is 38.0 Å². The lowest BCUT2D eigenvalue weighted by Gasteiger charge is -2.08. The van der Waals surface area contributed by atoms with E-state index in [1.54, 1.807) is 12.2 Å². The van der Waals surface area contributed by atoms with Crippen LogP contribution in [-0.2, 0) is 4.74 Å². The fourth-order valence-electron chi connectivity index (χ4n) is 1.72. The highest BCUT2D eigenvalue weighted by Crippen LogP contribution is 2.17. The summed E-state index contributed by atoms with van der Waals surface area (Å²) in [6.07, 6.45) is 4.48. The molecule has 1 rings (SSSR count). The number of esters is 1. The first-order chi connectivity index (χ1) is 7.56. The van der Waals surface area contributed by atoms with Gasteiger partial charge in [0, 0.05) is 0 Å². The van der Waals surface area contributed by atoms with Crippen molar-refractivity contribution in [3.8, 4) is 0 Å². The fourth-order valence-corrected chi connectivity index (χ4v) is 1.72. The molecular weight excluding hydrogens is 200 g/mol. The van der Waals surface area contributed by atoms with Gasteiger partial charge in [-0.2, -0.15) is 0 Å². The second-order valence-corrected chi connectivity index (χ2v) is 3.74. The van der Waals surface area contributed by atoms with E-state index in [1.165, 1.54) is 6.26 Å². The smallest absolute Gasteiger partial charge is 0.343 e. The van der Waals surface area contributed by atoms with Gasteiger partial charge in [0.25, 0.3) is 0 Å². The molecule has 0 N–H and O–H groups in total. The van der Waals surface area contributed by atoms with Gasteiger partial charge in [0.2, 0.25) is 0 Å². The third kappa shape index (κ3) is 2.83. The maximum atomic E-state index is 11.8. The van der Waals surface area contributed by atoms with Gasteiger partial charge < -0.3 is 4.74 Å². The van der Waals surface area contributed by atoms with Gasteiger partial charge >= 0.3 is 5.97 Å². The summed E-state index contributed by atoms with van der Waals surface area (Å²) in [6, 6.07) is 3.95. The Morgan fingerprint density at radius 2 is 1.81 bits per heavy atom. The zero-order chi connectivity index (χ0) is 12.1. The molecule has 0 fully saturated rings. The average Bonchev–Trinajstić information content (AvgIpc) is 2.16. The van der Waals surface area contributed by atoms with Gasteiger partial charge in [-0.3, -0.25) is 0 Å². The Hall–Kier alpha value is -1.83. The van der Waals surface area contributed by atoms with Crippen LogP contribution in [0.5, 0.6) is 0 Å². The number of allylic oxidation sites excluding steroid dienone is 2. The predicted molar refractivity (Wildman–Crippen MR) is 65.4 cm³/mol. The molecule has 0 radical (unpaired) electrons. The van der Waals surface area contributed by atoms with Crippen LogP contribution in [0.2, 0.25) is 0 Å². The monoisotopic (exact) mass is 216 g/mol. The predicted octanol–water partition coefficient (Wildman–Crippen LogP) is 3.47. The topological polar surface area (TPSA) is 26.3 Å². The molecule has 0 amide bonds. The van der Waals surface area contributed by atoms with Crippen LogP contribution in [0, 0.1) is 20.8 Å². The van der Waals surface area contributed by atoms with Crippen LogP contribution in [0.25, 0.3) is 0 Å². The Labute approximate surface area is 96.2 Å². The number of hydrogen-bond donors (Lipinski definition) is 0. The molecule has 0 spiro atoms. The Balaban J connectivity index is 2.99. The molecule has 1 aromatic carbocycles. The normalized spacial score (nSPS) is 10.4. The van der Waals surface area contributed by atoms with Gasteiger partial charge in [-0.15, -0.1) is 0 Å². The number of aryl methyl sites for hydroxylation is 3. The molecule has 1 aromatic rings. The van der Waals surface area contributed by atoms with Crippen molar-refractivity contribution in [3.63, 3.8) is 0 Å². The maximum absolute atomic E-state index is 11.8. The second kappa shape index (κ2) is 5.31. The van der Waals surface area contributed by atoms with Crippen molar-refractivity contribution in [2.45, 2.75) is 20.8 Å². The quantitative estimate of drug-likeness (QED) is 0.439. The van der Waals surface area contributed by atoms with E-state index >= 15 is 0 Å². The summed E-state index contributed by atoms with van der Waals surface area (Å²) in [5, 5.41) is 0. The molecule has 0 bridgehead atoms. The average molecular weight is 216 g/mol. The van der Waals surface area contributed by atoms with Crippen molar-refractivity contribution >= 4 is 5.97 Å². The Morgan fingerprint density at radius 3 is 2.31 bits per heavy atom. The number of carbonyl (C=O) groups excluding carboxylic acids is 1. The molecule has 84 valence electrons. The van der Waals surface area contributed by atoms with E-state index in [-0.39, 0.29) is 5.97 Å². The third-order valence-corrected chi connectivity index (χ3v) is 2.27. The van der Waals surface area contributed by atoms with Crippen molar-refractivity contribution in [1.29, 1.82) is 0 Å². The van der Waals surface area contributed by atoms with E-state index in [9.17, 15) is 4.79 Å². The van der Waals surface area contributed by atoms with E-state index in [0.717, 1.165) is 16.7 Å². The Bertz CT molecular complexity index is 419. The first kappa shape index (κ1) is 12.2. The van der Waals surface area contributed by atoms with E-state index < -0.39 is 0 Å². The molecule has 0 saturated heterocycles. The van der Waals surface area contributed by atoms with Gasteiger partial charge in [0.1, 0.15) is 0 Å². The first-order valence-electron chi connectivity index (χ1n) is 5.12. The molecule has 0 saturated carbocycles. The third-order valence-electron chi connectivity index (χ3n) is 2.27. The molecule has 0 unspecified atom stereocenters. The summed E-state index contributed by atoms with van der Waals surface area (Å²) in [5.74, 6) is -0.326. The molecule has 0 atom stereocenters. The van der Waals surface area contributed by atoms with Crippen molar-refractivity contribution in [3.05, 3.63) is 59.4 Å². The molecule has 2 nitrogen and oxygen atoms in total. The Kier molecular flexibility index (Phi) is 4.06. The van der Waals surface area contributed by atoms with Crippen LogP contribution in [-0.4, -0.2) is 5.97 Å². The van der Waals surface area contributed by atoms with Gasteiger partial charge in [0.05, 0.1) is 11.8 Å². The number of carbonyl (C=O) groups is 1. The number of ether oxygens (including phenoxy) is 1.